The van der Waals surface area contributed by atoms with Crippen LogP contribution < -0.4 is 11.1 Å². The number of furan rings is 1. The van der Waals surface area contributed by atoms with Gasteiger partial charge in [0.25, 0.3) is 5.91 Å². The first-order valence-electron chi connectivity index (χ1n) is 12.3. The summed E-state index contributed by atoms with van der Waals surface area (Å²) in [5.41, 5.74) is 8.87. The highest BCUT2D eigenvalue weighted by molar-refractivity contribution is 6.15. The number of fused-ring (bicyclic) bond motifs is 3. The number of carbonyl (C=O) groups excluding carboxylic acids is 1. The molecule has 3 N–H and O–H groups in total. The Balaban J connectivity index is 1.29. The average Bonchev–Trinajstić information content (AvgIpc) is 3.48. The van der Waals surface area contributed by atoms with Gasteiger partial charge in [0, 0.05) is 47.7 Å². The van der Waals surface area contributed by atoms with Crippen molar-refractivity contribution in [3.63, 3.8) is 0 Å². The molecule has 1 fully saturated rings. The van der Waals surface area contributed by atoms with Crippen LogP contribution in [0.5, 0.6) is 0 Å². The number of halogens is 2. The second kappa shape index (κ2) is 9.46. The van der Waals surface area contributed by atoms with Crippen LogP contribution in [0.2, 0.25) is 0 Å². The fourth-order valence-corrected chi connectivity index (χ4v) is 4.81. The van der Waals surface area contributed by atoms with Gasteiger partial charge in [-0.15, -0.1) is 0 Å². The lowest BCUT2D eigenvalue weighted by Crippen LogP contribution is -2.31. The van der Waals surface area contributed by atoms with E-state index in [1.165, 1.54) is 18.2 Å². The maximum absolute atomic E-state index is 14.7. The summed E-state index contributed by atoms with van der Waals surface area (Å²) < 4.78 is 35.2. The maximum Gasteiger partial charge on any atom is 0.253 e. The van der Waals surface area contributed by atoms with Crippen LogP contribution in [0, 0.1) is 18.6 Å². The summed E-state index contributed by atoms with van der Waals surface area (Å²) in [5.74, 6) is -0.372. The van der Waals surface area contributed by atoms with Gasteiger partial charge in [0.2, 0.25) is 5.95 Å². The van der Waals surface area contributed by atoms with Crippen molar-refractivity contribution in [2.24, 2.45) is 10.7 Å². The molecule has 1 saturated heterocycles. The van der Waals surface area contributed by atoms with Gasteiger partial charge in [-0.1, -0.05) is 6.07 Å². The lowest BCUT2D eigenvalue weighted by atomic mass is 10.0. The first kappa shape index (κ1) is 23.9. The predicted molar refractivity (Wildman–Crippen MR) is 138 cm³/mol. The number of rotatable bonds is 4. The minimum absolute atomic E-state index is 0.0250. The highest BCUT2D eigenvalue weighted by Crippen LogP contribution is 2.35. The van der Waals surface area contributed by atoms with Crippen molar-refractivity contribution in [1.29, 1.82) is 0 Å². The molecule has 2 aliphatic heterocycles. The van der Waals surface area contributed by atoms with Crippen LogP contribution in [0.25, 0.3) is 11.3 Å². The lowest BCUT2D eigenvalue weighted by Gasteiger charge is -2.16. The third-order valence-electron chi connectivity index (χ3n) is 6.70. The maximum atomic E-state index is 14.7. The summed E-state index contributed by atoms with van der Waals surface area (Å²) >= 11 is 0. The fourth-order valence-electron chi connectivity index (χ4n) is 4.81. The molecule has 8 nitrogen and oxygen atoms in total. The molecule has 1 atom stereocenters. The Bertz CT molecular complexity index is 1560. The first-order valence-corrected chi connectivity index (χ1v) is 12.3. The molecule has 2 aromatic carbocycles. The quantitative estimate of drug-likeness (QED) is 0.412. The molecule has 0 bridgehead atoms. The number of aromatic nitrogens is 2. The van der Waals surface area contributed by atoms with Gasteiger partial charge in [-0.2, -0.15) is 0 Å². The number of nitrogens with two attached hydrogens (primary N) is 1. The van der Waals surface area contributed by atoms with Crippen molar-refractivity contribution in [2.45, 2.75) is 25.9 Å². The number of benzene rings is 2. The van der Waals surface area contributed by atoms with E-state index in [2.05, 4.69) is 15.3 Å². The minimum Gasteiger partial charge on any atom is -0.459 e. The number of carbonyl (C=O) groups is 1. The summed E-state index contributed by atoms with van der Waals surface area (Å²) in [6.07, 6.45) is 2.44. The van der Waals surface area contributed by atoms with Crippen molar-refractivity contribution in [1.82, 2.24) is 14.9 Å². The summed E-state index contributed by atoms with van der Waals surface area (Å²) in [6, 6.07) is 12.6. The van der Waals surface area contributed by atoms with E-state index in [4.69, 9.17) is 15.1 Å². The molecule has 0 aliphatic carbocycles. The molecule has 192 valence electrons. The molecule has 2 aliphatic rings. The van der Waals surface area contributed by atoms with Gasteiger partial charge in [0.15, 0.2) is 5.76 Å². The van der Waals surface area contributed by atoms with Gasteiger partial charge in [0.05, 0.1) is 17.8 Å². The standard InChI is InChI=1S/C28H24F2N6O2/c1-15-11-20-24-17(12-32-25(26(20)38-15)23-21(29)3-2-4-22(23)30)13-33-28(35-24)34-19-7-5-16(6-8-19)27(37)36-10-9-18(31)14-36/h2-8,11,13,18H,9-10,12,14,31H2,1H3,(H,33,34,35). The van der Waals surface area contributed by atoms with E-state index in [1.807, 2.05) is 0 Å². The SMILES string of the molecule is Cc1cc2c(o1)C(c1c(F)cccc1F)=NCc1cnc(Nc3ccc(C(=O)N4CCC(N)C4)cc3)nc1-2. The third kappa shape index (κ3) is 4.32. The van der Waals surface area contributed by atoms with Crippen molar-refractivity contribution in [3.05, 3.63) is 94.6 Å². The van der Waals surface area contributed by atoms with Crippen LogP contribution in [0.4, 0.5) is 20.4 Å². The van der Waals surface area contributed by atoms with Crippen LogP contribution in [-0.2, 0) is 6.54 Å². The number of nitrogens with one attached hydrogen (secondary N) is 1. The van der Waals surface area contributed by atoms with E-state index in [1.54, 1.807) is 48.4 Å². The van der Waals surface area contributed by atoms with E-state index in [-0.39, 0.29) is 35.5 Å². The molecular weight excluding hydrogens is 490 g/mol. The van der Waals surface area contributed by atoms with Crippen LogP contribution in [0.15, 0.2) is 64.1 Å². The molecule has 4 heterocycles. The number of nitrogens with zero attached hydrogens (tertiary/aromatic N) is 4. The zero-order valence-electron chi connectivity index (χ0n) is 20.5. The van der Waals surface area contributed by atoms with Gasteiger partial charge in [-0.3, -0.25) is 9.79 Å². The number of anilines is 2. The molecule has 0 saturated carbocycles. The Morgan fingerprint density at radius 1 is 1.16 bits per heavy atom. The van der Waals surface area contributed by atoms with Crippen LogP contribution >= 0.6 is 0 Å². The van der Waals surface area contributed by atoms with E-state index in [9.17, 15) is 13.6 Å². The van der Waals surface area contributed by atoms with E-state index >= 15 is 0 Å². The zero-order chi connectivity index (χ0) is 26.4. The second-order valence-electron chi connectivity index (χ2n) is 9.43. The van der Waals surface area contributed by atoms with E-state index in [0.29, 0.717) is 52.9 Å². The van der Waals surface area contributed by atoms with Crippen molar-refractivity contribution in [3.8, 4) is 11.3 Å². The van der Waals surface area contributed by atoms with Gasteiger partial charge < -0.3 is 20.4 Å². The van der Waals surface area contributed by atoms with Crippen LogP contribution in [0.1, 0.15) is 39.4 Å². The summed E-state index contributed by atoms with van der Waals surface area (Å²) in [4.78, 5) is 28.1. The monoisotopic (exact) mass is 514 g/mol. The normalized spacial score (nSPS) is 16.5. The number of hydrogen-bond acceptors (Lipinski definition) is 7. The second-order valence-corrected chi connectivity index (χ2v) is 9.43. The van der Waals surface area contributed by atoms with E-state index < -0.39 is 11.6 Å². The van der Waals surface area contributed by atoms with E-state index in [0.717, 1.165) is 6.42 Å². The summed E-state index contributed by atoms with van der Waals surface area (Å²) in [5, 5.41) is 3.16. The zero-order valence-corrected chi connectivity index (χ0v) is 20.5. The Hall–Kier alpha value is -4.44. The molecule has 10 heteroatoms. The average molecular weight is 515 g/mol. The number of hydrogen-bond donors (Lipinski definition) is 2. The number of likely N-dealkylation sites (tertiary alicyclic amines) is 1. The third-order valence-corrected chi connectivity index (χ3v) is 6.70. The molecule has 1 amide bonds. The molecule has 6 rings (SSSR count). The first-order chi connectivity index (χ1) is 18.4. The lowest BCUT2D eigenvalue weighted by molar-refractivity contribution is 0.0791. The Morgan fingerprint density at radius 2 is 1.92 bits per heavy atom. The van der Waals surface area contributed by atoms with Crippen molar-refractivity contribution >= 4 is 23.3 Å². The van der Waals surface area contributed by atoms with Crippen molar-refractivity contribution in [2.75, 3.05) is 18.4 Å². The van der Waals surface area contributed by atoms with Crippen molar-refractivity contribution < 1.29 is 18.0 Å². The Kier molecular flexibility index (Phi) is 5.96. The summed E-state index contributed by atoms with van der Waals surface area (Å²) in [7, 11) is 0. The topological polar surface area (TPSA) is 110 Å². The smallest absolute Gasteiger partial charge is 0.253 e. The Morgan fingerprint density at radius 3 is 2.63 bits per heavy atom. The highest BCUT2D eigenvalue weighted by Gasteiger charge is 2.28. The van der Waals surface area contributed by atoms with Crippen LogP contribution in [-0.4, -0.2) is 45.6 Å². The Labute approximate surface area is 217 Å². The molecule has 1 unspecified atom stereocenters. The molecule has 0 spiro atoms. The molecule has 4 aromatic rings. The molecule has 38 heavy (non-hydrogen) atoms. The number of amides is 1. The predicted octanol–water partition coefficient (Wildman–Crippen LogP) is 4.59. The highest BCUT2D eigenvalue weighted by atomic mass is 19.1. The summed E-state index contributed by atoms with van der Waals surface area (Å²) in [6.45, 7) is 3.10. The molecule has 0 radical (unpaired) electrons. The molecular formula is C28H24F2N6O2. The minimum atomic E-state index is -0.724. The fraction of sp³-hybridized carbons (Fsp3) is 0.214. The number of aryl methyl sites for hydroxylation is 1. The van der Waals surface area contributed by atoms with Crippen LogP contribution in [0.3, 0.4) is 0 Å². The largest absolute Gasteiger partial charge is 0.459 e. The molecule has 2 aromatic heterocycles. The van der Waals surface area contributed by atoms with Gasteiger partial charge in [0.1, 0.15) is 23.1 Å². The van der Waals surface area contributed by atoms with Gasteiger partial charge in [-0.25, -0.2) is 18.7 Å². The van der Waals surface area contributed by atoms with Gasteiger partial charge >= 0.3 is 0 Å². The number of aliphatic imine (C=N–C) groups is 1. The van der Waals surface area contributed by atoms with Gasteiger partial charge in [-0.05, 0) is 55.8 Å².